The van der Waals surface area contributed by atoms with E-state index in [1.54, 1.807) is 7.11 Å². The maximum Gasteiger partial charge on any atom is 0.181 e. The van der Waals surface area contributed by atoms with Crippen LogP contribution in [0, 0.1) is 0 Å². The van der Waals surface area contributed by atoms with Crippen molar-refractivity contribution in [2.75, 3.05) is 12.8 Å². The number of anilines is 1. The second-order valence-electron chi connectivity index (χ2n) is 3.55. The third kappa shape index (κ3) is 1.31. The standard InChI is InChI=1S/C12H10N2OS/c1-15-8-4-2-7-3-5-10-11(9(7)6-8)14-12(13)16-10/h2-6H,1H3,(H2,13,14). The molecule has 1 aromatic heterocycles. The van der Waals surface area contributed by atoms with Crippen LogP contribution in [0.3, 0.4) is 0 Å². The van der Waals surface area contributed by atoms with Crippen molar-refractivity contribution in [3.8, 4) is 5.75 Å². The van der Waals surface area contributed by atoms with E-state index >= 15 is 0 Å². The number of nitrogen functional groups attached to an aromatic ring is 1. The second kappa shape index (κ2) is 3.35. The second-order valence-corrected chi connectivity index (χ2v) is 4.61. The molecule has 3 aromatic rings. The summed E-state index contributed by atoms with van der Waals surface area (Å²) < 4.78 is 6.33. The van der Waals surface area contributed by atoms with Crippen molar-refractivity contribution in [1.82, 2.24) is 4.98 Å². The van der Waals surface area contributed by atoms with Crippen LogP contribution in [0.5, 0.6) is 5.75 Å². The van der Waals surface area contributed by atoms with Gasteiger partial charge >= 0.3 is 0 Å². The third-order valence-electron chi connectivity index (χ3n) is 2.60. The molecule has 0 radical (unpaired) electrons. The minimum atomic E-state index is 0.602. The monoisotopic (exact) mass is 230 g/mol. The molecule has 3 rings (SSSR count). The molecule has 0 unspecified atom stereocenters. The minimum Gasteiger partial charge on any atom is -0.497 e. The van der Waals surface area contributed by atoms with E-state index in [4.69, 9.17) is 10.5 Å². The van der Waals surface area contributed by atoms with Crippen LogP contribution in [0.1, 0.15) is 0 Å². The molecule has 4 heteroatoms. The summed E-state index contributed by atoms with van der Waals surface area (Å²) in [5, 5.41) is 2.84. The Labute approximate surface area is 96.5 Å². The summed E-state index contributed by atoms with van der Waals surface area (Å²) in [6, 6.07) is 10.1. The fourth-order valence-electron chi connectivity index (χ4n) is 1.83. The first-order valence-electron chi connectivity index (χ1n) is 4.91. The molecule has 16 heavy (non-hydrogen) atoms. The SMILES string of the molecule is COc1ccc2ccc3sc(N)nc3c2c1. The Balaban J connectivity index is 2.46. The molecule has 2 N–H and O–H groups in total. The Kier molecular flexibility index (Phi) is 1.97. The van der Waals surface area contributed by atoms with E-state index in [0.29, 0.717) is 5.13 Å². The zero-order valence-electron chi connectivity index (χ0n) is 8.73. The molecule has 0 aliphatic rings. The van der Waals surface area contributed by atoms with Crippen molar-refractivity contribution in [3.63, 3.8) is 0 Å². The molecule has 1 heterocycles. The number of hydrogen-bond donors (Lipinski definition) is 1. The van der Waals surface area contributed by atoms with Crippen LogP contribution in [0.25, 0.3) is 21.0 Å². The molecule has 0 aliphatic carbocycles. The molecule has 2 aromatic carbocycles. The van der Waals surface area contributed by atoms with Gasteiger partial charge in [-0.3, -0.25) is 0 Å². The van der Waals surface area contributed by atoms with Crippen LogP contribution < -0.4 is 10.5 Å². The van der Waals surface area contributed by atoms with Crippen molar-refractivity contribution in [3.05, 3.63) is 30.3 Å². The van der Waals surface area contributed by atoms with Gasteiger partial charge in [0.15, 0.2) is 5.13 Å². The van der Waals surface area contributed by atoms with Crippen molar-refractivity contribution in [2.45, 2.75) is 0 Å². The lowest BCUT2D eigenvalue weighted by Crippen LogP contribution is -1.84. The van der Waals surface area contributed by atoms with Gasteiger partial charge in [0, 0.05) is 5.39 Å². The molecule has 0 bridgehead atoms. The number of methoxy groups -OCH3 is 1. The summed E-state index contributed by atoms with van der Waals surface area (Å²) in [4.78, 5) is 4.36. The number of nitrogens with zero attached hydrogens (tertiary/aromatic N) is 1. The van der Waals surface area contributed by atoms with Gasteiger partial charge in [-0.1, -0.05) is 23.5 Å². The average molecular weight is 230 g/mol. The van der Waals surface area contributed by atoms with E-state index in [1.165, 1.54) is 11.3 Å². The molecule has 0 spiro atoms. The predicted octanol–water partition coefficient (Wildman–Crippen LogP) is 3.04. The topological polar surface area (TPSA) is 48.1 Å². The van der Waals surface area contributed by atoms with Gasteiger partial charge in [0.2, 0.25) is 0 Å². The average Bonchev–Trinajstić information content (AvgIpc) is 2.69. The van der Waals surface area contributed by atoms with E-state index in [2.05, 4.69) is 17.1 Å². The van der Waals surface area contributed by atoms with E-state index in [9.17, 15) is 0 Å². The van der Waals surface area contributed by atoms with E-state index in [-0.39, 0.29) is 0 Å². The fraction of sp³-hybridized carbons (Fsp3) is 0.0833. The summed E-state index contributed by atoms with van der Waals surface area (Å²) >= 11 is 1.51. The fourth-order valence-corrected chi connectivity index (χ4v) is 2.58. The molecule has 0 saturated carbocycles. The van der Waals surface area contributed by atoms with Gasteiger partial charge in [0.25, 0.3) is 0 Å². The zero-order valence-corrected chi connectivity index (χ0v) is 9.54. The minimum absolute atomic E-state index is 0.602. The van der Waals surface area contributed by atoms with Crippen molar-refractivity contribution < 1.29 is 4.74 Å². The van der Waals surface area contributed by atoms with Gasteiger partial charge in [-0.15, -0.1) is 0 Å². The largest absolute Gasteiger partial charge is 0.497 e. The van der Waals surface area contributed by atoms with Crippen molar-refractivity contribution in [2.24, 2.45) is 0 Å². The summed E-state index contributed by atoms with van der Waals surface area (Å²) in [5.74, 6) is 0.839. The highest BCUT2D eigenvalue weighted by Crippen LogP contribution is 2.32. The Morgan fingerprint density at radius 2 is 2.06 bits per heavy atom. The number of ether oxygens (including phenoxy) is 1. The molecular formula is C12H10N2OS. The molecule has 0 fully saturated rings. The summed E-state index contributed by atoms with van der Waals surface area (Å²) in [5.41, 5.74) is 6.69. The first-order valence-corrected chi connectivity index (χ1v) is 5.72. The number of thiazole rings is 1. The molecule has 80 valence electrons. The third-order valence-corrected chi connectivity index (χ3v) is 3.45. The Morgan fingerprint density at radius 3 is 2.88 bits per heavy atom. The lowest BCUT2D eigenvalue weighted by molar-refractivity contribution is 0.415. The summed E-state index contributed by atoms with van der Waals surface area (Å²) in [7, 11) is 1.66. The molecule has 0 aliphatic heterocycles. The maximum atomic E-state index is 5.73. The Bertz CT molecular complexity index is 675. The van der Waals surface area contributed by atoms with E-state index in [0.717, 1.165) is 26.7 Å². The quantitative estimate of drug-likeness (QED) is 0.699. The lowest BCUT2D eigenvalue weighted by Gasteiger charge is -2.02. The predicted molar refractivity (Wildman–Crippen MR) is 68.1 cm³/mol. The van der Waals surface area contributed by atoms with E-state index in [1.807, 2.05) is 18.2 Å². The van der Waals surface area contributed by atoms with Gasteiger partial charge in [-0.2, -0.15) is 0 Å². The summed E-state index contributed by atoms with van der Waals surface area (Å²) in [6.07, 6.45) is 0. The highest BCUT2D eigenvalue weighted by atomic mass is 32.1. The molecule has 0 amide bonds. The maximum absolute atomic E-state index is 5.73. The number of nitrogens with two attached hydrogens (primary N) is 1. The molecule has 0 saturated heterocycles. The van der Waals surface area contributed by atoms with E-state index < -0.39 is 0 Å². The van der Waals surface area contributed by atoms with Crippen LogP contribution >= 0.6 is 11.3 Å². The first-order chi connectivity index (χ1) is 7.78. The van der Waals surface area contributed by atoms with Gasteiger partial charge < -0.3 is 10.5 Å². The molecule has 3 nitrogen and oxygen atoms in total. The van der Waals surface area contributed by atoms with Gasteiger partial charge in [-0.05, 0) is 23.6 Å². The highest BCUT2D eigenvalue weighted by molar-refractivity contribution is 7.22. The lowest BCUT2D eigenvalue weighted by atomic mass is 10.1. The molecular weight excluding hydrogens is 220 g/mol. The van der Waals surface area contributed by atoms with Crippen LogP contribution in [0.4, 0.5) is 5.13 Å². The number of benzene rings is 2. The summed E-state index contributed by atoms with van der Waals surface area (Å²) in [6.45, 7) is 0. The van der Waals surface area contributed by atoms with Gasteiger partial charge in [-0.25, -0.2) is 4.98 Å². The van der Waals surface area contributed by atoms with Gasteiger partial charge in [0.1, 0.15) is 5.75 Å². The van der Waals surface area contributed by atoms with Crippen molar-refractivity contribution in [1.29, 1.82) is 0 Å². The van der Waals surface area contributed by atoms with Crippen LogP contribution in [0.2, 0.25) is 0 Å². The van der Waals surface area contributed by atoms with Gasteiger partial charge in [0.05, 0.1) is 17.3 Å². The number of fused-ring (bicyclic) bond motifs is 3. The highest BCUT2D eigenvalue weighted by Gasteiger charge is 2.06. The number of aromatic nitrogens is 1. The number of hydrogen-bond acceptors (Lipinski definition) is 4. The first kappa shape index (κ1) is 9.42. The van der Waals surface area contributed by atoms with Crippen molar-refractivity contribution >= 4 is 37.5 Å². The van der Waals surface area contributed by atoms with Crippen LogP contribution in [-0.2, 0) is 0 Å². The van der Waals surface area contributed by atoms with Crippen LogP contribution in [-0.4, -0.2) is 12.1 Å². The molecule has 0 atom stereocenters. The normalized spacial score (nSPS) is 11.1. The van der Waals surface area contributed by atoms with Crippen LogP contribution in [0.15, 0.2) is 30.3 Å². The Hall–Kier alpha value is -1.81. The smallest absolute Gasteiger partial charge is 0.181 e. The zero-order chi connectivity index (χ0) is 11.1. The Morgan fingerprint density at radius 1 is 1.25 bits per heavy atom. The number of rotatable bonds is 1.